The molecule has 1 atom stereocenters. The Hall–Kier alpha value is -1.30. The molecular weight excluding hydrogens is 509 g/mol. The maximum Gasteiger partial charge on any atom is 0.191 e. The second-order valence-electron chi connectivity index (χ2n) is 7.39. The second-order valence-corrected chi connectivity index (χ2v) is 7.39. The molecule has 0 radical (unpaired) electrons. The van der Waals surface area contributed by atoms with Gasteiger partial charge in [-0.05, 0) is 52.2 Å². The summed E-state index contributed by atoms with van der Waals surface area (Å²) in [5.74, 6) is 2.29. The lowest BCUT2D eigenvalue weighted by Crippen LogP contribution is -2.41. The minimum Gasteiger partial charge on any atom is -0.493 e. The van der Waals surface area contributed by atoms with Crippen molar-refractivity contribution < 1.29 is 14.2 Å². The van der Waals surface area contributed by atoms with Crippen LogP contribution in [0.15, 0.2) is 23.2 Å². The Morgan fingerprint density at radius 1 is 1.03 bits per heavy atom. The second kappa shape index (κ2) is 17.3. The van der Waals surface area contributed by atoms with E-state index in [1.54, 1.807) is 21.3 Å². The van der Waals surface area contributed by atoms with Crippen molar-refractivity contribution in [3.05, 3.63) is 23.8 Å². The molecule has 0 aliphatic carbocycles. The first-order valence-electron chi connectivity index (χ1n) is 10.5. The molecule has 0 aliphatic heterocycles. The SMILES string of the molecule is CCNC(=NCC(c1ccc(OC)c(OC)c1)N(C)C)NCCN(C)CCCOC.I. The summed E-state index contributed by atoms with van der Waals surface area (Å²) in [7, 11) is 11.3. The van der Waals surface area contributed by atoms with E-state index in [4.69, 9.17) is 19.2 Å². The Bertz CT molecular complexity index is 631. The number of nitrogens with zero attached hydrogens (tertiary/aromatic N) is 3. The van der Waals surface area contributed by atoms with E-state index in [1.807, 2.05) is 12.1 Å². The maximum atomic E-state index is 5.47. The summed E-state index contributed by atoms with van der Waals surface area (Å²) in [6.07, 6.45) is 1.04. The Labute approximate surface area is 205 Å². The number of halogens is 1. The average Bonchev–Trinajstić information content (AvgIpc) is 2.73. The zero-order chi connectivity index (χ0) is 22.4. The predicted octanol–water partition coefficient (Wildman–Crippen LogP) is 2.45. The number of ether oxygens (including phenoxy) is 3. The Kier molecular flexibility index (Phi) is 16.6. The van der Waals surface area contributed by atoms with Crippen molar-refractivity contribution in [2.24, 2.45) is 4.99 Å². The minimum absolute atomic E-state index is 0. The van der Waals surface area contributed by atoms with Crippen LogP contribution in [0.3, 0.4) is 0 Å². The Balaban J connectivity index is 0.00000900. The van der Waals surface area contributed by atoms with Crippen molar-refractivity contribution >= 4 is 29.9 Å². The molecule has 2 N–H and O–H groups in total. The number of aliphatic imine (C=N–C) groups is 1. The number of benzene rings is 1. The summed E-state index contributed by atoms with van der Waals surface area (Å²) in [4.78, 5) is 9.28. The highest BCUT2D eigenvalue weighted by Gasteiger charge is 2.16. The van der Waals surface area contributed by atoms with Crippen LogP contribution in [0.4, 0.5) is 0 Å². The molecule has 31 heavy (non-hydrogen) atoms. The van der Waals surface area contributed by atoms with E-state index in [0.29, 0.717) is 6.54 Å². The van der Waals surface area contributed by atoms with Crippen molar-refractivity contribution in [1.82, 2.24) is 20.4 Å². The van der Waals surface area contributed by atoms with Crippen LogP contribution >= 0.6 is 24.0 Å². The fourth-order valence-corrected chi connectivity index (χ4v) is 3.10. The first-order valence-corrected chi connectivity index (χ1v) is 10.5. The first-order chi connectivity index (χ1) is 14.5. The van der Waals surface area contributed by atoms with E-state index in [-0.39, 0.29) is 30.0 Å². The highest BCUT2D eigenvalue weighted by Crippen LogP contribution is 2.31. The Morgan fingerprint density at radius 2 is 1.74 bits per heavy atom. The molecule has 0 fully saturated rings. The van der Waals surface area contributed by atoms with Crippen LogP contribution in [-0.4, -0.2) is 97.6 Å². The van der Waals surface area contributed by atoms with Crippen LogP contribution < -0.4 is 20.1 Å². The third kappa shape index (κ3) is 11.2. The maximum absolute atomic E-state index is 5.47. The lowest BCUT2D eigenvalue weighted by Gasteiger charge is -2.25. The number of nitrogens with one attached hydrogen (secondary N) is 2. The number of rotatable bonds is 14. The third-order valence-corrected chi connectivity index (χ3v) is 4.86. The number of methoxy groups -OCH3 is 3. The summed E-state index contributed by atoms with van der Waals surface area (Å²) in [6, 6.07) is 6.15. The van der Waals surface area contributed by atoms with Crippen molar-refractivity contribution in [2.75, 3.05) is 81.8 Å². The molecule has 1 rings (SSSR count). The van der Waals surface area contributed by atoms with Crippen LogP contribution in [0, 0.1) is 0 Å². The van der Waals surface area contributed by atoms with Gasteiger partial charge in [-0.2, -0.15) is 0 Å². The van der Waals surface area contributed by atoms with Crippen LogP contribution in [-0.2, 0) is 4.74 Å². The van der Waals surface area contributed by atoms with Gasteiger partial charge in [-0.25, -0.2) is 0 Å². The van der Waals surface area contributed by atoms with E-state index in [1.165, 1.54) is 0 Å². The molecule has 1 unspecified atom stereocenters. The monoisotopic (exact) mass is 551 g/mol. The summed E-state index contributed by atoms with van der Waals surface area (Å²) < 4.78 is 15.9. The topological polar surface area (TPSA) is 70.6 Å². The van der Waals surface area contributed by atoms with Crippen LogP contribution in [0.2, 0.25) is 0 Å². The predicted molar refractivity (Wildman–Crippen MR) is 139 cm³/mol. The highest BCUT2D eigenvalue weighted by molar-refractivity contribution is 14.0. The smallest absolute Gasteiger partial charge is 0.191 e. The van der Waals surface area contributed by atoms with Crippen molar-refractivity contribution in [1.29, 1.82) is 0 Å². The third-order valence-electron chi connectivity index (χ3n) is 4.86. The fraction of sp³-hybridized carbons (Fsp3) is 0.682. The molecular formula is C22H42IN5O3. The van der Waals surface area contributed by atoms with E-state index in [9.17, 15) is 0 Å². The van der Waals surface area contributed by atoms with E-state index >= 15 is 0 Å². The molecule has 9 heteroatoms. The zero-order valence-corrected chi connectivity index (χ0v) is 22.6. The molecule has 0 spiro atoms. The number of hydrogen-bond donors (Lipinski definition) is 2. The van der Waals surface area contributed by atoms with Crippen molar-refractivity contribution in [3.8, 4) is 11.5 Å². The highest BCUT2D eigenvalue weighted by atomic mass is 127. The van der Waals surface area contributed by atoms with Crippen LogP contribution in [0.1, 0.15) is 24.9 Å². The van der Waals surface area contributed by atoms with Crippen LogP contribution in [0.25, 0.3) is 0 Å². The van der Waals surface area contributed by atoms with Gasteiger partial charge < -0.3 is 34.6 Å². The normalized spacial score (nSPS) is 12.5. The van der Waals surface area contributed by atoms with E-state index in [2.05, 4.69) is 54.6 Å². The molecule has 0 amide bonds. The van der Waals surface area contributed by atoms with Gasteiger partial charge in [0.05, 0.1) is 26.8 Å². The molecule has 0 bridgehead atoms. The minimum atomic E-state index is 0. The van der Waals surface area contributed by atoms with Crippen molar-refractivity contribution in [3.63, 3.8) is 0 Å². The summed E-state index contributed by atoms with van der Waals surface area (Å²) in [5.41, 5.74) is 1.13. The van der Waals surface area contributed by atoms with Gasteiger partial charge in [0.2, 0.25) is 0 Å². The fourth-order valence-electron chi connectivity index (χ4n) is 3.10. The standard InChI is InChI=1S/C22H41N5O3.HI/c1-8-23-22(24-12-14-27(4)13-9-15-28-5)25-17-19(26(2)3)18-10-11-20(29-6)21(16-18)30-7;/h10-11,16,19H,8-9,12-15,17H2,1-7H3,(H2,23,24,25);1H. The molecule has 0 heterocycles. The molecule has 0 saturated carbocycles. The average molecular weight is 552 g/mol. The first kappa shape index (κ1) is 29.7. The molecule has 1 aromatic rings. The van der Waals surface area contributed by atoms with Crippen LogP contribution in [0.5, 0.6) is 11.5 Å². The summed E-state index contributed by atoms with van der Waals surface area (Å²) >= 11 is 0. The van der Waals surface area contributed by atoms with Gasteiger partial charge >= 0.3 is 0 Å². The van der Waals surface area contributed by atoms with Gasteiger partial charge in [0.25, 0.3) is 0 Å². The quantitative estimate of drug-likeness (QED) is 0.159. The van der Waals surface area contributed by atoms with E-state index in [0.717, 1.165) is 62.2 Å². The van der Waals surface area contributed by atoms with Gasteiger partial charge in [0.15, 0.2) is 17.5 Å². The van der Waals surface area contributed by atoms with Gasteiger partial charge in [-0.1, -0.05) is 6.07 Å². The summed E-state index contributed by atoms with van der Waals surface area (Å²) in [5, 5.41) is 6.76. The molecule has 0 aliphatic rings. The number of guanidine groups is 1. The van der Waals surface area contributed by atoms with Crippen molar-refractivity contribution in [2.45, 2.75) is 19.4 Å². The van der Waals surface area contributed by atoms with Gasteiger partial charge in [0, 0.05) is 39.9 Å². The number of likely N-dealkylation sites (N-methyl/N-ethyl adjacent to an activating group) is 2. The van der Waals surface area contributed by atoms with Gasteiger partial charge in [0.1, 0.15) is 0 Å². The Morgan fingerprint density at radius 3 is 2.32 bits per heavy atom. The summed E-state index contributed by atoms with van der Waals surface area (Å²) in [6.45, 7) is 7.11. The molecule has 0 aromatic heterocycles. The number of hydrogen-bond acceptors (Lipinski definition) is 6. The molecule has 8 nitrogen and oxygen atoms in total. The largest absolute Gasteiger partial charge is 0.493 e. The lowest BCUT2D eigenvalue weighted by molar-refractivity contribution is 0.180. The van der Waals surface area contributed by atoms with Gasteiger partial charge in [-0.3, -0.25) is 4.99 Å². The van der Waals surface area contributed by atoms with Gasteiger partial charge in [-0.15, -0.1) is 24.0 Å². The zero-order valence-electron chi connectivity index (χ0n) is 20.2. The molecule has 1 aromatic carbocycles. The van der Waals surface area contributed by atoms with E-state index < -0.39 is 0 Å². The molecule has 0 saturated heterocycles. The molecule has 180 valence electrons. The lowest BCUT2D eigenvalue weighted by atomic mass is 10.1.